The number of carbonyl (C=O) groups excluding carboxylic acids is 1. The second kappa shape index (κ2) is 5.20. The topological polar surface area (TPSA) is 41.1 Å². The lowest BCUT2D eigenvalue weighted by Gasteiger charge is -2.29. The Morgan fingerprint density at radius 3 is 2.78 bits per heavy atom. The molecular weight excluding hydrogens is 312 g/mol. The lowest BCUT2D eigenvalue weighted by atomic mass is 9.93. The van der Waals surface area contributed by atoms with Gasteiger partial charge in [0.15, 0.2) is 10.9 Å². The van der Waals surface area contributed by atoms with Gasteiger partial charge in [-0.1, -0.05) is 28.1 Å². The molecule has 1 aromatic rings. The van der Waals surface area contributed by atoms with Gasteiger partial charge in [-0.25, -0.2) is 0 Å². The highest BCUT2D eigenvalue weighted by atomic mass is 79.9. The van der Waals surface area contributed by atoms with Crippen LogP contribution in [0.5, 0.6) is 0 Å². The second-order valence-electron chi connectivity index (χ2n) is 4.18. The SMILES string of the molecule is CC(=O)C1=C(C)NC(=S)NC1c1cccc(Br)c1. The van der Waals surface area contributed by atoms with E-state index in [1.807, 2.05) is 31.2 Å². The lowest BCUT2D eigenvalue weighted by Crippen LogP contribution is -2.44. The molecule has 0 saturated carbocycles. The number of carbonyl (C=O) groups is 1. The largest absolute Gasteiger partial charge is 0.351 e. The first kappa shape index (κ1) is 13.2. The van der Waals surface area contributed by atoms with E-state index >= 15 is 0 Å². The van der Waals surface area contributed by atoms with E-state index in [9.17, 15) is 4.79 Å². The zero-order chi connectivity index (χ0) is 13.3. The molecule has 2 N–H and O–H groups in total. The lowest BCUT2D eigenvalue weighted by molar-refractivity contribution is -0.114. The Kier molecular flexibility index (Phi) is 3.82. The van der Waals surface area contributed by atoms with Crippen molar-refractivity contribution in [2.24, 2.45) is 0 Å². The Morgan fingerprint density at radius 1 is 1.44 bits per heavy atom. The maximum atomic E-state index is 11.8. The minimum Gasteiger partial charge on any atom is -0.351 e. The second-order valence-corrected chi connectivity index (χ2v) is 5.51. The number of halogens is 1. The summed E-state index contributed by atoms with van der Waals surface area (Å²) in [6, 6.07) is 7.68. The number of nitrogens with one attached hydrogen (secondary N) is 2. The van der Waals surface area contributed by atoms with E-state index in [1.54, 1.807) is 6.92 Å². The van der Waals surface area contributed by atoms with Gasteiger partial charge in [-0.05, 0) is 43.8 Å². The van der Waals surface area contributed by atoms with E-state index in [4.69, 9.17) is 12.2 Å². The fourth-order valence-corrected chi connectivity index (χ4v) is 2.78. The Labute approximate surface area is 120 Å². The van der Waals surface area contributed by atoms with Gasteiger partial charge in [0.2, 0.25) is 0 Å². The van der Waals surface area contributed by atoms with Crippen LogP contribution in [0.1, 0.15) is 25.5 Å². The molecule has 0 amide bonds. The van der Waals surface area contributed by atoms with Crippen molar-refractivity contribution in [1.29, 1.82) is 0 Å². The number of allylic oxidation sites excluding steroid dienone is 1. The highest BCUT2D eigenvalue weighted by Crippen LogP contribution is 2.28. The van der Waals surface area contributed by atoms with Crippen LogP contribution in [0.2, 0.25) is 0 Å². The maximum absolute atomic E-state index is 11.8. The number of benzene rings is 1. The Hall–Kier alpha value is -1.20. The molecule has 0 spiro atoms. The van der Waals surface area contributed by atoms with E-state index < -0.39 is 0 Å². The van der Waals surface area contributed by atoms with Gasteiger partial charge in [-0.15, -0.1) is 0 Å². The molecular formula is C13H13BrN2OS. The predicted molar refractivity (Wildman–Crippen MR) is 79.1 cm³/mol. The summed E-state index contributed by atoms with van der Waals surface area (Å²) in [6.07, 6.45) is 0. The van der Waals surface area contributed by atoms with Crippen LogP contribution in [0.3, 0.4) is 0 Å². The van der Waals surface area contributed by atoms with Crippen molar-refractivity contribution in [2.75, 3.05) is 0 Å². The van der Waals surface area contributed by atoms with E-state index in [-0.39, 0.29) is 11.8 Å². The summed E-state index contributed by atoms with van der Waals surface area (Å²) in [5, 5.41) is 6.68. The smallest absolute Gasteiger partial charge is 0.171 e. The first-order valence-corrected chi connectivity index (χ1v) is 6.74. The van der Waals surface area contributed by atoms with Gasteiger partial charge in [0.25, 0.3) is 0 Å². The summed E-state index contributed by atoms with van der Waals surface area (Å²) in [7, 11) is 0. The maximum Gasteiger partial charge on any atom is 0.171 e. The number of Topliss-reactive ketones (excluding diaryl/α,β-unsaturated/α-hetero) is 1. The van der Waals surface area contributed by atoms with Gasteiger partial charge in [0.05, 0.1) is 6.04 Å². The van der Waals surface area contributed by atoms with Crippen LogP contribution in [-0.2, 0) is 4.79 Å². The van der Waals surface area contributed by atoms with Gasteiger partial charge in [0.1, 0.15) is 0 Å². The fraction of sp³-hybridized carbons (Fsp3) is 0.231. The molecule has 18 heavy (non-hydrogen) atoms. The Balaban J connectivity index is 2.50. The first-order chi connectivity index (χ1) is 8.49. The molecule has 5 heteroatoms. The van der Waals surface area contributed by atoms with Crippen LogP contribution in [0.25, 0.3) is 0 Å². The van der Waals surface area contributed by atoms with Crippen molar-refractivity contribution in [1.82, 2.24) is 10.6 Å². The zero-order valence-corrected chi connectivity index (χ0v) is 12.5. The van der Waals surface area contributed by atoms with E-state index in [0.29, 0.717) is 5.11 Å². The van der Waals surface area contributed by atoms with Crippen LogP contribution in [0.15, 0.2) is 40.0 Å². The van der Waals surface area contributed by atoms with E-state index in [0.717, 1.165) is 21.3 Å². The van der Waals surface area contributed by atoms with Crippen LogP contribution in [0.4, 0.5) is 0 Å². The average Bonchev–Trinajstić information content (AvgIpc) is 2.27. The molecule has 0 aromatic heterocycles. The summed E-state index contributed by atoms with van der Waals surface area (Å²) >= 11 is 8.59. The molecule has 2 rings (SSSR count). The molecule has 0 bridgehead atoms. The van der Waals surface area contributed by atoms with E-state index in [2.05, 4.69) is 26.6 Å². The van der Waals surface area contributed by atoms with Crippen molar-refractivity contribution in [3.8, 4) is 0 Å². The third kappa shape index (κ3) is 2.62. The quantitative estimate of drug-likeness (QED) is 0.821. The van der Waals surface area contributed by atoms with Gasteiger partial charge in [-0.2, -0.15) is 0 Å². The Morgan fingerprint density at radius 2 is 2.17 bits per heavy atom. The molecule has 0 saturated heterocycles. The summed E-state index contributed by atoms with van der Waals surface area (Å²) < 4.78 is 0.979. The number of ketones is 1. The van der Waals surface area contributed by atoms with Crippen LogP contribution in [-0.4, -0.2) is 10.9 Å². The average molecular weight is 325 g/mol. The zero-order valence-electron chi connectivity index (χ0n) is 10.1. The number of hydrogen-bond donors (Lipinski definition) is 2. The highest BCUT2D eigenvalue weighted by molar-refractivity contribution is 9.10. The van der Waals surface area contributed by atoms with Crippen molar-refractivity contribution in [3.63, 3.8) is 0 Å². The molecule has 0 aliphatic carbocycles. The molecule has 1 unspecified atom stereocenters. The summed E-state index contributed by atoms with van der Waals surface area (Å²) in [5.41, 5.74) is 2.55. The van der Waals surface area contributed by atoms with Crippen LogP contribution in [0, 0.1) is 0 Å². The molecule has 1 heterocycles. The predicted octanol–water partition coefficient (Wildman–Crippen LogP) is 2.83. The fourth-order valence-electron chi connectivity index (χ4n) is 2.10. The normalized spacial score (nSPS) is 19.3. The molecule has 1 aliphatic heterocycles. The minimum atomic E-state index is -0.186. The molecule has 1 aromatic carbocycles. The third-order valence-electron chi connectivity index (χ3n) is 2.83. The third-order valence-corrected chi connectivity index (χ3v) is 3.54. The monoisotopic (exact) mass is 324 g/mol. The molecule has 1 aliphatic rings. The number of thiocarbonyl (C=S) groups is 1. The van der Waals surface area contributed by atoms with Crippen molar-refractivity contribution in [2.45, 2.75) is 19.9 Å². The summed E-state index contributed by atoms with van der Waals surface area (Å²) in [6.45, 7) is 3.44. The number of hydrogen-bond acceptors (Lipinski definition) is 2. The van der Waals surface area contributed by atoms with Crippen LogP contribution < -0.4 is 10.6 Å². The summed E-state index contributed by atoms with van der Waals surface area (Å²) in [4.78, 5) is 11.8. The van der Waals surface area contributed by atoms with Gasteiger partial charge in [-0.3, -0.25) is 4.79 Å². The minimum absolute atomic E-state index is 0.0416. The molecule has 1 atom stereocenters. The molecule has 0 fully saturated rings. The van der Waals surface area contributed by atoms with Gasteiger partial charge < -0.3 is 10.6 Å². The Bertz CT molecular complexity index is 554. The number of rotatable bonds is 2. The first-order valence-electron chi connectivity index (χ1n) is 5.53. The van der Waals surface area contributed by atoms with E-state index in [1.165, 1.54) is 0 Å². The highest BCUT2D eigenvalue weighted by Gasteiger charge is 2.27. The van der Waals surface area contributed by atoms with Crippen molar-refractivity contribution < 1.29 is 4.79 Å². The molecule has 0 radical (unpaired) electrons. The molecule has 94 valence electrons. The van der Waals surface area contributed by atoms with Crippen molar-refractivity contribution in [3.05, 3.63) is 45.6 Å². The van der Waals surface area contributed by atoms with Crippen molar-refractivity contribution >= 4 is 39.0 Å². The van der Waals surface area contributed by atoms with Gasteiger partial charge >= 0.3 is 0 Å². The van der Waals surface area contributed by atoms with Crippen LogP contribution >= 0.6 is 28.1 Å². The summed E-state index contributed by atoms with van der Waals surface area (Å²) in [5.74, 6) is 0.0416. The molecule has 3 nitrogen and oxygen atoms in total. The van der Waals surface area contributed by atoms with Gasteiger partial charge in [0, 0.05) is 15.7 Å². The standard InChI is InChI=1S/C13H13BrN2OS/c1-7-11(8(2)17)12(16-13(18)15-7)9-4-3-5-10(14)6-9/h3-6,12H,1-2H3,(H2,15,16,18).